The zero-order chi connectivity index (χ0) is 17.6. The van der Waals surface area contributed by atoms with Gasteiger partial charge in [0.25, 0.3) is 5.91 Å². The van der Waals surface area contributed by atoms with Crippen LogP contribution >= 0.6 is 11.3 Å². The van der Waals surface area contributed by atoms with Crippen molar-refractivity contribution < 1.29 is 9.59 Å². The highest BCUT2D eigenvalue weighted by molar-refractivity contribution is 7.12. The third kappa shape index (κ3) is 4.46. The summed E-state index contributed by atoms with van der Waals surface area (Å²) in [5.41, 5.74) is 1.99. The number of amides is 2. The van der Waals surface area contributed by atoms with E-state index < -0.39 is 0 Å². The molecule has 2 aromatic rings. The van der Waals surface area contributed by atoms with Crippen molar-refractivity contribution >= 4 is 23.2 Å². The third-order valence-corrected chi connectivity index (χ3v) is 5.36. The van der Waals surface area contributed by atoms with Gasteiger partial charge in [-0.25, -0.2) is 0 Å². The van der Waals surface area contributed by atoms with Gasteiger partial charge in [-0.2, -0.15) is 0 Å². The maximum Gasteiger partial charge on any atom is 0.264 e. The first kappa shape index (κ1) is 17.6. The summed E-state index contributed by atoms with van der Waals surface area (Å²) in [6.45, 7) is 5.50. The molecule has 0 aliphatic carbocycles. The first-order valence-corrected chi connectivity index (χ1v) is 9.39. The van der Waals surface area contributed by atoms with Crippen molar-refractivity contribution in [2.45, 2.75) is 13.5 Å². The fourth-order valence-corrected chi connectivity index (χ4v) is 3.81. The second-order valence-corrected chi connectivity index (χ2v) is 7.13. The number of piperazine rings is 1. The van der Waals surface area contributed by atoms with E-state index in [0.717, 1.165) is 24.2 Å². The molecule has 0 spiro atoms. The molecule has 1 aliphatic rings. The number of aryl methyl sites for hydroxylation is 1. The average Bonchev–Trinajstić information content (AvgIpc) is 3.08. The van der Waals surface area contributed by atoms with Crippen LogP contribution in [0.5, 0.6) is 0 Å². The summed E-state index contributed by atoms with van der Waals surface area (Å²) in [4.78, 5) is 29.9. The summed E-state index contributed by atoms with van der Waals surface area (Å²) in [5.74, 6) is -0.0557. The number of benzene rings is 1. The molecular weight excluding hydrogens is 334 g/mol. The predicted octanol–water partition coefficient (Wildman–Crippen LogP) is 2.13. The number of nitrogens with zero attached hydrogens (tertiary/aromatic N) is 2. The van der Waals surface area contributed by atoms with Crippen LogP contribution in [-0.2, 0) is 11.3 Å². The second kappa shape index (κ2) is 8.27. The zero-order valence-corrected chi connectivity index (χ0v) is 15.2. The number of rotatable bonds is 5. The van der Waals surface area contributed by atoms with Gasteiger partial charge in [0.15, 0.2) is 0 Å². The molecule has 132 valence electrons. The van der Waals surface area contributed by atoms with E-state index in [2.05, 4.69) is 5.32 Å². The lowest BCUT2D eigenvalue weighted by atomic mass is 10.2. The van der Waals surface area contributed by atoms with Crippen LogP contribution in [0.25, 0.3) is 0 Å². The lowest BCUT2D eigenvalue weighted by molar-refractivity contribution is -0.132. The van der Waals surface area contributed by atoms with E-state index in [4.69, 9.17) is 0 Å². The lowest BCUT2D eigenvalue weighted by Crippen LogP contribution is -2.50. The summed E-state index contributed by atoms with van der Waals surface area (Å²) in [7, 11) is 0. The minimum atomic E-state index is -0.0696. The Morgan fingerprint density at radius 2 is 1.88 bits per heavy atom. The number of hydrogen-bond donors (Lipinski definition) is 1. The molecule has 25 heavy (non-hydrogen) atoms. The standard InChI is InChI=1S/C19H23N3O2S/c1-15-7-12-25-18(15)19(24)22(13-16-5-3-2-4-6-16)14-17(23)21-10-8-20-9-11-21/h2-7,12,20H,8-11,13-14H2,1H3. The Kier molecular flexibility index (Phi) is 5.83. The van der Waals surface area contributed by atoms with Gasteiger partial charge in [0, 0.05) is 32.7 Å². The summed E-state index contributed by atoms with van der Waals surface area (Å²) in [6, 6.07) is 11.8. The minimum absolute atomic E-state index is 0.0139. The van der Waals surface area contributed by atoms with Gasteiger partial charge < -0.3 is 15.1 Å². The zero-order valence-electron chi connectivity index (χ0n) is 14.4. The van der Waals surface area contributed by atoms with E-state index in [1.165, 1.54) is 11.3 Å². The Labute approximate surface area is 152 Å². The fourth-order valence-electron chi connectivity index (χ4n) is 2.92. The van der Waals surface area contributed by atoms with Crippen LogP contribution in [0.2, 0.25) is 0 Å². The molecule has 1 saturated heterocycles. The average molecular weight is 357 g/mol. The summed E-state index contributed by atoms with van der Waals surface area (Å²) < 4.78 is 0. The van der Waals surface area contributed by atoms with Gasteiger partial charge in [0.2, 0.25) is 5.91 Å². The third-order valence-electron chi connectivity index (χ3n) is 4.36. The molecule has 5 nitrogen and oxygen atoms in total. The fraction of sp³-hybridized carbons (Fsp3) is 0.368. The normalized spacial score (nSPS) is 14.4. The maximum absolute atomic E-state index is 13.0. The smallest absolute Gasteiger partial charge is 0.264 e. The highest BCUT2D eigenvalue weighted by Gasteiger charge is 2.24. The van der Waals surface area contributed by atoms with E-state index in [1.807, 2.05) is 53.6 Å². The first-order valence-electron chi connectivity index (χ1n) is 8.51. The Morgan fingerprint density at radius 1 is 1.16 bits per heavy atom. The quantitative estimate of drug-likeness (QED) is 0.892. The van der Waals surface area contributed by atoms with E-state index in [0.29, 0.717) is 24.5 Å². The molecule has 0 bridgehead atoms. The number of thiophene rings is 1. The van der Waals surface area contributed by atoms with Crippen molar-refractivity contribution in [3.05, 3.63) is 57.8 Å². The van der Waals surface area contributed by atoms with Crippen LogP contribution in [0, 0.1) is 6.92 Å². The van der Waals surface area contributed by atoms with Crippen molar-refractivity contribution in [1.29, 1.82) is 0 Å². The summed E-state index contributed by atoms with van der Waals surface area (Å²) in [5, 5.41) is 5.16. The van der Waals surface area contributed by atoms with Crippen molar-refractivity contribution in [3.8, 4) is 0 Å². The summed E-state index contributed by atoms with van der Waals surface area (Å²) >= 11 is 1.43. The topological polar surface area (TPSA) is 52.7 Å². The molecule has 0 saturated carbocycles. The molecule has 0 unspecified atom stereocenters. The van der Waals surface area contributed by atoms with Crippen LogP contribution in [0.4, 0.5) is 0 Å². The predicted molar refractivity (Wildman–Crippen MR) is 99.7 cm³/mol. The van der Waals surface area contributed by atoms with Gasteiger partial charge in [0.1, 0.15) is 6.54 Å². The van der Waals surface area contributed by atoms with Gasteiger partial charge in [-0.15, -0.1) is 11.3 Å². The van der Waals surface area contributed by atoms with E-state index in [-0.39, 0.29) is 18.4 Å². The van der Waals surface area contributed by atoms with Crippen molar-refractivity contribution in [2.75, 3.05) is 32.7 Å². The van der Waals surface area contributed by atoms with Gasteiger partial charge >= 0.3 is 0 Å². The van der Waals surface area contributed by atoms with Crippen molar-refractivity contribution in [3.63, 3.8) is 0 Å². The second-order valence-electron chi connectivity index (χ2n) is 6.21. The van der Waals surface area contributed by atoms with Crippen LogP contribution in [0.15, 0.2) is 41.8 Å². The molecule has 0 atom stereocenters. The molecule has 6 heteroatoms. The van der Waals surface area contributed by atoms with Gasteiger partial charge in [-0.1, -0.05) is 30.3 Å². The monoisotopic (exact) mass is 357 g/mol. The molecule has 1 N–H and O–H groups in total. The molecule has 1 aromatic carbocycles. The number of carbonyl (C=O) groups is 2. The van der Waals surface area contributed by atoms with Crippen LogP contribution in [0.1, 0.15) is 20.8 Å². The Balaban J connectivity index is 1.77. The van der Waals surface area contributed by atoms with Crippen LogP contribution in [-0.4, -0.2) is 54.3 Å². The summed E-state index contributed by atoms with van der Waals surface area (Å²) in [6.07, 6.45) is 0. The molecule has 3 rings (SSSR count). The molecule has 2 amide bonds. The lowest BCUT2D eigenvalue weighted by Gasteiger charge is -2.30. The van der Waals surface area contributed by atoms with Gasteiger partial charge in [0.05, 0.1) is 4.88 Å². The molecule has 1 aliphatic heterocycles. The Bertz CT molecular complexity index is 723. The number of nitrogens with one attached hydrogen (secondary N) is 1. The Morgan fingerprint density at radius 3 is 2.52 bits per heavy atom. The molecule has 0 radical (unpaired) electrons. The highest BCUT2D eigenvalue weighted by atomic mass is 32.1. The van der Waals surface area contributed by atoms with Crippen LogP contribution < -0.4 is 5.32 Å². The van der Waals surface area contributed by atoms with Crippen molar-refractivity contribution in [1.82, 2.24) is 15.1 Å². The molecular formula is C19H23N3O2S. The van der Waals surface area contributed by atoms with Crippen molar-refractivity contribution in [2.24, 2.45) is 0 Å². The first-order chi connectivity index (χ1) is 12.1. The van der Waals surface area contributed by atoms with Gasteiger partial charge in [-0.3, -0.25) is 9.59 Å². The number of hydrogen-bond acceptors (Lipinski definition) is 4. The highest BCUT2D eigenvalue weighted by Crippen LogP contribution is 2.19. The minimum Gasteiger partial charge on any atom is -0.339 e. The van der Waals surface area contributed by atoms with E-state index in [9.17, 15) is 9.59 Å². The van der Waals surface area contributed by atoms with Crippen LogP contribution in [0.3, 0.4) is 0 Å². The maximum atomic E-state index is 13.0. The largest absolute Gasteiger partial charge is 0.339 e. The number of carbonyl (C=O) groups excluding carboxylic acids is 2. The molecule has 1 aromatic heterocycles. The molecule has 1 fully saturated rings. The molecule has 2 heterocycles. The van der Waals surface area contributed by atoms with Gasteiger partial charge in [-0.05, 0) is 29.5 Å². The van der Waals surface area contributed by atoms with E-state index in [1.54, 1.807) is 4.90 Å². The van der Waals surface area contributed by atoms with E-state index >= 15 is 0 Å². The SMILES string of the molecule is Cc1ccsc1C(=O)N(CC(=O)N1CCNCC1)Cc1ccccc1. The Hall–Kier alpha value is -2.18.